The Balaban J connectivity index is 1.69. The lowest BCUT2D eigenvalue weighted by atomic mass is 9.88. The molecule has 1 fully saturated rings. The molecule has 0 bridgehead atoms. The molecule has 228 valence electrons. The van der Waals surface area contributed by atoms with Gasteiger partial charge in [0.05, 0.1) is 0 Å². The second kappa shape index (κ2) is 12.6. The van der Waals surface area contributed by atoms with Crippen molar-refractivity contribution in [3.63, 3.8) is 0 Å². The molecule has 3 heterocycles. The van der Waals surface area contributed by atoms with E-state index in [1.807, 2.05) is 12.1 Å². The molecule has 45 heavy (non-hydrogen) atoms. The smallest absolute Gasteiger partial charge is 0.150 e. The maximum atomic E-state index is 13.1. The molecular weight excluding hydrogens is 590 g/mol. The Labute approximate surface area is 270 Å². The molecule has 1 saturated heterocycles. The van der Waals surface area contributed by atoms with Gasteiger partial charge in [0.15, 0.2) is 0 Å². The van der Waals surface area contributed by atoms with Gasteiger partial charge in [-0.1, -0.05) is 108 Å². The molecule has 0 radical (unpaired) electrons. The zero-order valence-corrected chi connectivity index (χ0v) is 28.5. The third kappa shape index (κ3) is 6.39. The number of hydrogen-bond donors (Lipinski definition) is 0. The number of benzene rings is 3. The summed E-state index contributed by atoms with van der Waals surface area (Å²) in [5.74, 6) is 1.59. The molecule has 3 aromatic carbocycles. The van der Waals surface area contributed by atoms with Gasteiger partial charge in [0.25, 0.3) is 0 Å². The first kappa shape index (κ1) is 31.3. The molecule has 0 spiro atoms. The molecule has 0 saturated carbocycles. The molecule has 6 rings (SSSR count). The third-order valence-electron chi connectivity index (χ3n) is 8.77. The Bertz CT molecular complexity index is 1720. The van der Waals surface area contributed by atoms with E-state index in [1.165, 1.54) is 27.6 Å². The van der Waals surface area contributed by atoms with Gasteiger partial charge in [-0.3, -0.25) is 4.79 Å². The van der Waals surface area contributed by atoms with Crippen LogP contribution in [0, 0.1) is 0 Å². The summed E-state index contributed by atoms with van der Waals surface area (Å²) >= 11 is 0. The first-order valence-electron chi connectivity index (χ1n) is 15.5. The lowest BCUT2D eigenvalue weighted by molar-refractivity contribution is -0.120. The van der Waals surface area contributed by atoms with Gasteiger partial charge < -0.3 is 0 Å². The lowest BCUT2D eigenvalue weighted by Crippen LogP contribution is -2.45. The van der Waals surface area contributed by atoms with Crippen LogP contribution >= 0.6 is 17.2 Å². The number of carbonyl (C=O) groups excluding carboxylic acids is 1. The normalized spacial score (nSPS) is 16.4. The van der Waals surface area contributed by atoms with Crippen LogP contribution < -0.4 is 5.30 Å². The van der Waals surface area contributed by atoms with Crippen LogP contribution in [0.1, 0.15) is 80.0 Å². The monoisotopic (exact) mass is 630 g/mol. The standard InChI is InChI=1S/C38H40N4OP2/c1-36(2)25-31(43)26-37(3,4)45(36)33-24-30(22-28-15-9-6-10-16-28)29(21-27-13-7-5-8-14-27)23-32(33)38(44,34-39-17-11-18-40-34)35-41-19-12-20-42-35/h5-20,23-24H,21-22,25-26,44H2,1-4H3. The Hall–Kier alpha value is -3.65. The van der Waals surface area contributed by atoms with Crippen molar-refractivity contribution in [2.24, 2.45) is 0 Å². The van der Waals surface area contributed by atoms with Gasteiger partial charge in [0, 0.05) is 37.6 Å². The molecule has 5 nitrogen and oxygen atoms in total. The fraction of sp³-hybridized carbons (Fsp3) is 0.289. The number of Topliss-reactive ketones (excluding diaryl/α,β-unsaturated/α-hetero) is 1. The van der Waals surface area contributed by atoms with Gasteiger partial charge in [-0.25, -0.2) is 19.9 Å². The van der Waals surface area contributed by atoms with Crippen LogP contribution in [0.15, 0.2) is 110 Å². The van der Waals surface area contributed by atoms with Crippen LogP contribution in [-0.4, -0.2) is 36.0 Å². The summed E-state index contributed by atoms with van der Waals surface area (Å²) in [4.78, 5) is 32.4. The van der Waals surface area contributed by atoms with E-state index in [-0.39, 0.29) is 10.3 Å². The van der Waals surface area contributed by atoms with E-state index >= 15 is 0 Å². The van der Waals surface area contributed by atoms with Gasteiger partial charge >= 0.3 is 0 Å². The largest absolute Gasteiger partial charge is 0.300 e. The van der Waals surface area contributed by atoms with Crippen LogP contribution in [0.5, 0.6) is 0 Å². The summed E-state index contributed by atoms with van der Waals surface area (Å²) in [6.45, 7) is 9.11. The van der Waals surface area contributed by atoms with Crippen molar-refractivity contribution in [2.45, 2.75) is 68.8 Å². The maximum absolute atomic E-state index is 13.1. The van der Waals surface area contributed by atoms with E-state index in [1.54, 1.807) is 24.8 Å². The summed E-state index contributed by atoms with van der Waals surface area (Å²) in [5.41, 5.74) is 6.16. The Morgan fingerprint density at radius 1 is 0.667 bits per heavy atom. The highest BCUT2D eigenvalue weighted by molar-refractivity contribution is 7.69. The second-order valence-electron chi connectivity index (χ2n) is 13.3. The molecule has 0 amide bonds. The molecule has 1 aliphatic rings. The predicted octanol–water partition coefficient (Wildman–Crippen LogP) is 7.64. The Morgan fingerprint density at radius 3 is 1.53 bits per heavy atom. The minimum absolute atomic E-state index is 0.214. The SMILES string of the molecule is CC1(C)CC(=O)CC(C)(C)P1c1cc(Cc2ccccc2)c(Cc2ccccc2)cc1C(P)(c1ncccn1)c1ncccn1. The fourth-order valence-electron chi connectivity index (χ4n) is 7.14. The third-order valence-corrected chi connectivity index (χ3v) is 13.2. The number of aromatic nitrogens is 4. The van der Waals surface area contributed by atoms with Crippen LogP contribution in [-0.2, 0) is 22.8 Å². The number of rotatable bonds is 8. The maximum Gasteiger partial charge on any atom is 0.150 e. The summed E-state index contributed by atoms with van der Waals surface area (Å²) in [6.07, 6.45) is 9.88. The lowest BCUT2D eigenvalue weighted by Gasteiger charge is -2.50. The highest BCUT2D eigenvalue weighted by Crippen LogP contribution is 2.65. The van der Waals surface area contributed by atoms with Gasteiger partial charge in [0.2, 0.25) is 0 Å². The number of nitrogens with zero attached hydrogens (tertiary/aromatic N) is 4. The van der Waals surface area contributed by atoms with Crippen LogP contribution in [0.2, 0.25) is 0 Å². The van der Waals surface area contributed by atoms with Crippen LogP contribution in [0.4, 0.5) is 0 Å². The highest BCUT2D eigenvalue weighted by atomic mass is 31.1. The molecule has 0 N–H and O–H groups in total. The molecule has 1 aliphatic heterocycles. The van der Waals surface area contributed by atoms with Crippen molar-refractivity contribution in [2.75, 3.05) is 0 Å². The van der Waals surface area contributed by atoms with Gasteiger partial charge in [0.1, 0.15) is 22.6 Å². The van der Waals surface area contributed by atoms with E-state index in [0.29, 0.717) is 30.3 Å². The minimum Gasteiger partial charge on any atom is -0.300 e. The molecule has 0 aliphatic carbocycles. The van der Waals surface area contributed by atoms with Gasteiger partial charge in [-0.15, -0.1) is 9.24 Å². The summed E-state index contributed by atoms with van der Waals surface area (Å²) in [7, 11) is 2.23. The number of ketones is 1. The van der Waals surface area contributed by atoms with Gasteiger partial charge in [-0.2, -0.15) is 0 Å². The zero-order chi connectivity index (χ0) is 31.7. The molecule has 1 atom stereocenters. The molecule has 5 aromatic rings. The van der Waals surface area contributed by atoms with Crippen molar-refractivity contribution in [3.05, 3.63) is 149 Å². The van der Waals surface area contributed by atoms with E-state index in [9.17, 15) is 4.79 Å². The van der Waals surface area contributed by atoms with Crippen molar-refractivity contribution in [3.8, 4) is 0 Å². The van der Waals surface area contributed by atoms with Crippen molar-refractivity contribution >= 4 is 28.2 Å². The van der Waals surface area contributed by atoms with Crippen molar-refractivity contribution < 1.29 is 4.79 Å². The first-order valence-corrected chi connectivity index (χ1v) is 17.4. The topological polar surface area (TPSA) is 68.6 Å². The second-order valence-corrected chi connectivity index (χ2v) is 17.7. The Morgan fingerprint density at radius 2 is 1.09 bits per heavy atom. The number of hydrogen-bond acceptors (Lipinski definition) is 5. The molecule has 7 heteroatoms. The summed E-state index contributed by atoms with van der Waals surface area (Å²) < 4.78 is 0. The molecule has 1 unspecified atom stereocenters. The quantitative estimate of drug-likeness (QED) is 0.165. The fourth-order valence-corrected chi connectivity index (χ4v) is 12.2. The van der Waals surface area contributed by atoms with Gasteiger partial charge in [-0.05, 0) is 68.4 Å². The highest BCUT2D eigenvalue weighted by Gasteiger charge is 2.51. The van der Waals surface area contributed by atoms with Crippen molar-refractivity contribution in [1.29, 1.82) is 0 Å². The average Bonchev–Trinajstić information content (AvgIpc) is 3.02. The number of carbonyl (C=O) groups is 1. The minimum atomic E-state index is -0.912. The average molecular weight is 631 g/mol. The summed E-state index contributed by atoms with van der Waals surface area (Å²) in [5, 5.41) is -0.0710. The van der Waals surface area contributed by atoms with Crippen molar-refractivity contribution in [1.82, 2.24) is 19.9 Å². The zero-order valence-electron chi connectivity index (χ0n) is 26.4. The molecule has 2 aromatic heterocycles. The summed E-state index contributed by atoms with van der Waals surface area (Å²) in [6, 6.07) is 29.9. The predicted molar refractivity (Wildman–Crippen MR) is 188 cm³/mol. The Kier molecular flexibility index (Phi) is 8.79. The van der Waals surface area contributed by atoms with E-state index < -0.39 is 13.1 Å². The van der Waals surface area contributed by atoms with E-state index in [2.05, 4.69) is 110 Å². The van der Waals surface area contributed by atoms with Crippen LogP contribution in [0.25, 0.3) is 0 Å². The van der Waals surface area contributed by atoms with E-state index in [4.69, 9.17) is 19.9 Å². The molecular formula is C38H40N4OP2. The van der Waals surface area contributed by atoms with Crippen LogP contribution in [0.3, 0.4) is 0 Å². The first-order chi connectivity index (χ1) is 21.6. The van der Waals surface area contributed by atoms with E-state index in [0.717, 1.165) is 18.4 Å².